The van der Waals surface area contributed by atoms with E-state index in [0.29, 0.717) is 5.75 Å². The molecule has 1 fully saturated rings. The minimum atomic E-state index is -5.08. The van der Waals surface area contributed by atoms with Crippen molar-refractivity contribution in [3.05, 3.63) is 90.0 Å². The monoisotopic (exact) mass is 663 g/mol. The number of halogens is 3. The highest BCUT2D eigenvalue weighted by Gasteiger charge is 2.44. The molecule has 2 amide bonds. The number of alkyl halides is 3. The Hall–Kier alpha value is -4.96. The van der Waals surface area contributed by atoms with Crippen molar-refractivity contribution < 1.29 is 55.4 Å². The maximum atomic E-state index is 13.4. The molecule has 4 aromatic rings. The number of rotatable bonds is 8. The van der Waals surface area contributed by atoms with Gasteiger partial charge in [-0.25, -0.2) is 18.7 Å². The van der Waals surface area contributed by atoms with Gasteiger partial charge in [0.2, 0.25) is 5.91 Å². The standard InChI is InChI=1S/C28H27N3O7S.C2HF3O2/c1-18-14-20(23-4-2-3-5-25(23)29-18)16-38-21-6-8-22(9-7-21)39(35,36)17-26-24(27(32)30-34)10-12-31(26)28(33)19-11-13-37-15-19;3-2(4,5)1(6)7/h2-9,11,13-15,24,26,34H,10,12,16-17H2,1H3,(H,30,32);(H,6,7)/t24-,26-;/m0./s1. The van der Waals surface area contributed by atoms with Crippen LogP contribution < -0.4 is 10.2 Å². The fourth-order valence-electron chi connectivity index (χ4n) is 4.99. The van der Waals surface area contributed by atoms with E-state index >= 15 is 0 Å². The number of hydrogen-bond donors (Lipinski definition) is 3. The first-order chi connectivity index (χ1) is 21.7. The van der Waals surface area contributed by atoms with E-state index in [1.54, 1.807) is 17.6 Å². The van der Waals surface area contributed by atoms with Crippen LogP contribution in [-0.4, -0.2) is 70.9 Å². The number of sulfone groups is 1. The van der Waals surface area contributed by atoms with Crippen molar-refractivity contribution in [3.63, 3.8) is 0 Å². The molecule has 5 rings (SSSR count). The number of aliphatic carboxylic acids is 1. The number of para-hydroxylation sites is 1. The lowest BCUT2D eigenvalue weighted by atomic mass is 10.0. The average Bonchev–Trinajstić information content (AvgIpc) is 3.70. The number of likely N-dealkylation sites (tertiary alicyclic amines) is 1. The Morgan fingerprint density at radius 1 is 1.11 bits per heavy atom. The number of aromatic nitrogens is 1. The maximum Gasteiger partial charge on any atom is 0.490 e. The second kappa shape index (κ2) is 14.0. The van der Waals surface area contributed by atoms with Crippen LogP contribution in [0.25, 0.3) is 10.9 Å². The van der Waals surface area contributed by atoms with E-state index in [4.69, 9.17) is 19.1 Å². The number of furan rings is 1. The van der Waals surface area contributed by atoms with Crippen LogP contribution in [0.1, 0.15) is 28.0 Å². The van der Waals surface area contributed by atoms with E-state index in [1.807, 2.05) is 37.3 Å². The van der Waals surface area contributed by atoms with Crippen molar-refractivity contribution in [3.8, 4) is 5.75 Å². The van der Waals surface area contributed by atoms with Gasteiger partial charge in [-0.15, -0.1) is 0 Å². The highest BCUT2D eigenvalue weighted by atomic mass is 32.2. The fourth-order valence-corrected chi connectivity index (χ4v) is 6.60. The van der Waals surface area contributed by atoms with Crippen LogP contribution in [-0.2, 0) is 26.0 Å². The Labute approximate surface area is 260 Å². The number of aryl methyl sites for hydroxylation is 1. The Balaban J connectivity index is 0.000000617. The molecule has 0 saturated carbocycles. The summed E-state index contributed by atoms with van der Waals surface area (Å²) in [5.41, 5.74) is 4.55. The molecule has 1 saturated heterocycles. The number of pyridine rings is 1. The number of hydrogen-bond acceptors (Lipinski definition) is 9. The number of carboxylic acid groups (broad SMARTS) is 1. The van der Waals surface area contributed by atoms with E-state index in [-0.39, 0.29) is 30.0 Å². The second-order valence-corrected chi connectivity index (χ2v) is 12.3. The fraction of sp³-hybridized carbons (Fsp3) is 0.267. The third-order valence-electron chi connectivity index (χ3n) is 7.16. The highest BCUT2D eigenvalue weighted by molar-refractivity contribution is 7.91. The molecule has 0 radical (unpaired) electrons. The molecule has 0 unspecified atom stereocenters. The molecule has 2 aromatic carbocycles. The summed E-state index contributed by atoms with van der Waals surface area (Å²) in [6, 6.07) is 16.3. The van der Waals surface area contributed by atoms with Crippen molar-refractivity contribution in [2.45, 2.75) is 37.1 Å². The van der Waals surface area contributed by atoms with Gasteiger partial charge in [0.05, 0.1) is 40.0 Å². The predicted octanol–water partition coefficient (Wildman–Crippen LogP) is 4.16. The van der Waals surface area contributed by atoms with Gasteiger partial charge in [-0.2, -0.15) is 13.2 Å². The summed E-state index contributed by atoms with van der Waals surface area (Å²) in [5, 5.41) is 17.3. The topological polar surface area (TPSA) is 176 Å². The summed E-state index contributed by atoms with van der Waals surface area (Å²) in [6.45, 7) is 2.36. The predicted molar refractivity (Wildman–Crippen MR) is 155 cm³/mol. The number of amides is 2. The number of benzene rings is 2. The van der Waals surface area contributed by atoms with Gasteiger partial charge >= 0.3 is 12.1 Å². The molecule has 244 valence electrons. The Bertz CT molecular complexity index is 1810. The third kappa shape index (κ3) is 8.00. The number of carboxylic acids is 1. The van der Waals surface area contributed by atoms with Crippen LogP contribution in [0.4, 0.5) is 13.2 Å². The van der Waals surface area contributed by atoms with Crippen LogP contribution in [0.2, 0.25) is 0 Å². The van der Waals surface area contributed by atoms with Crippen LogP contribution in [0.3, 0.4) is 0 Å². The smallest absolute Gasteiger partial charge is 0.489 e. The van der Waals surface area contributed by atoms with Gasteiger partial charge in [-0.3, -0.25) is 19.8 Å². The van der Waals surface area contributed by atoms with Crippen molar-refractivity contribution in [2.75, 3.05) is 12.3 Å². The van der Waals surface area contributed by atoms with E-state index in [2.05, 4.69) is 4.98 Å². The lowest BCUT2D eigenvalue weighted by molar-refractivity contribution is -0.192. The number of nitrogens with one attached hydrogen (secondary N) is 1. The van der Waals surface area contributed by atoms with E-state index in [9.17, 15) is 36.4 Å². The zero-order valence-electron chi connectivity index (χ0n) is 24.1. The molecule has 0 spiro atoms. The van der Waals surface area contributed by atoms with Crippen LogP contribution in [0, 0.1) is 12.8 Å². The van der Waals surface area contributed by atoms with E-state index in [1.165, 1.54) is 35.6 Å². The minimum absolute atomic E-state index is 0.0332. The van der Waals surface area contributed by atoms with Crippen LogP contribution >= 0.6 is 0 Å². The zero-order valence-corrected chi connectivity index (χ0v) is 24.9. The van der Waals surface area contributed by atoms with Gasteiger partial charge in [0, 0.05) is 23.2 Å². The number of nitrogens with zero attached hydrogens (tertiary/aromatic N) is 2. The van der Waals surface area contributed by atoms with Crippen molar-refractivity contribution >= 4 is 38.5 Å². The molecule has 0 aliphatic carbocycles. The van der Waals surface area contributed by atoms with Crippen LogP contribution in [0.5, 0.6) is 5.75 Å². The SMILES string of the molecule is Cc1cc(COc2ccc(S(=O)(=O)C[C@H]3[C@@H](C(=O)NO)CCN3C(=O)c3ccoc3)cc2)c2ccccc2n1.O=C(O)C(F)(F)F. The number of fused-ring (bicyclic) bond motifs is 1. The first kappa shape index (κ1) is 33.9. The van der Waals surface area contributed by atoms with Crippen molar-refractivity contribution in [2.24, 2.45) is 5.92 Å². The summed E-state index contributed by atoms with van der Waals surface area (Å²) in [5.74, 6) is -4.82. The van der Waals surface area contributed by atoms with E-state index in [0.717, 1.165) is 22.2 Å². The molecule has 2 aromatic heterocycles. The molecule has 16 heteroatoms. The van der Waals surface area contributed by atoms with Crippen molar-refractivity contribution in [1.82, 2.24) is 15.4 Å². The molecular weight excluding hydrogens is 635 g/mol. The lowest BCUT2D eigenvalue weighted by Crippen LogP contribution is -2.46. The number of hydroxylamine groups is 1. The van der Waals surface area contributed by atoms with Gasteiger partial charge in [-0.05, 0) is 55.8 Å². The quantitative estimate of drug-likeness (QED) is 0.183. The number of carbonyl (C=O) groups excluding carboxylic acids is 2. The van der Waals surface area contributed by atoms with Gasteiger partial charge in [0.15, 0.2) is 9.84 Å². The molecule has 1 aliphatic rings. The normalized spacial score (nSPS) is 16.4. The van der Waals surface area contributed by atoms with Gasteiger partial charge < -0.3 is 19.2 Å². The molecule has 1 aliphatic heterocycles. The number of ether oxygens (including phenoxy) is 1. The van der Waals surface area contributed by atoms with Gasteiger partial charge in [0.25, 0.3) is 5.91 Å². The highest BCUT2D eigenvalue weighted by Crippen LogP contribution is 2.30. The molecule has 12 nitrogen and oxygen atoms in total. The minimum Gasteiger partial charge on any atom is -0.489 e. The summed E-state index contributed by atoms with van der Waals surface area (Å²) in [6.07, 6.45) is -2.26. The lowest BCUT2D eigenvalue weighted by Gasteiger charge is -2.27. The first-order valence-corrected chi connectivity index (χ1v) is 15.2. The second-order valence-electron chi connectivity index (χ2n) is 10.2. The Kier molecular flexibility index (Phi) is 10.3. The molecular formula is C30H28F3N3O9S. The molecule has 46 heavy (non-hydrogen) atoms. The summed E-state index contributed by atoms with van der Waals surface area (Å²) in [4.78, 5) is 40.1. The molecule has 2 atom stereocenters. The van der Waals surface area contributed by atoms with Crippen LogP contribution in [0.15, 0.2) is 82.5 Å². The zero-order chi connectivity index (χ0) is 33.6. The van der Waals surface area contributed by atoms with Gasteiger partial charge in [-0.1, -0.05) is 18.2 Å². The molecule has 3 heterocycles. The maximum absolute atomic E-state index is 13.4. The van der Waals surface area contributed by atoms with Gasteiger partial charge in [0.1, 0.15) is 18.6 Å². The number of carbonyl (C=O) groups is 3. The third-order valence-corrected chi connectivity index (χ3v) is 8.93. The summed E-state index contributed by atoms with van der Waals surface area (Å²) in [7, 11) is -3.91. The molecule has 3 N–H and O–H groups in total. The largest absolute Gasteiger partial charge is 0.490 e. The van der Waals surface area contributed by atoms with Crippen molar-refractivity contribution in [1.29, 1.82) is 0 Å². The first-order valence-electron chi connectivity index (χ1n) is 13.6. The summed E-state index contributed by atoms with van der Waals surface area (Å²) >= 11 is 0. The summed E-state index contributed by atoms with van der Waals surface area (Å²) < 4.78 is 69.4. The van der Waals surface area contributed by atoms with E-state index < -0.39 is 51.5 Å². The Morgan fingerprint density at radius 2 is 1.78 bits per heavy atom. The molecule has 0 bridgehead atoms. The average molecular weight is 664 g/mol. The Morgan fingerprint density at radius 3 is 2.39 bits per heavy atom.